The number of rotatable bonds is 9. The Bertz CT molecular complexity index is 1710. The predicted octanol–water partition coefficient (Wildman–Crippen LogP) is 3.63. The van der Waals surface area contributed by atoms with Crippen molar-refractivity contribution in [1.82, 2.24) is 14.8 Å². The van der Waals surface area contributed by atoms with Gasteiger partial charge in [0.1, 0.15) is 5.82 Å². The number of β-amino-alcohol motifs (C(OH)–C–C–N with tert-alkyl or cyclic N) is 1. The van der Waals surface area contributed by atoms with E-state index in [1.165, 1.54) is 13.0 Å². The number of benzene rings is 2. The van der Waals surface area contributed by atoms with Gasteiger partial charge < -0.3 is 29.5 Å². The highest BCUT2D eigenvalue weighted by Gasteiger charge is 2.36. The number of amides is 2. The Morgan fingerprint density at radius 1 is 1.04 bits per heavy atom. The Labute approximate surface area is 278 Å². The topological polar surface area (TPSA) is 134 Å². The van der Waals surface area contributed by atoms with E-state index in [0.29, 0.717) is 66.7 Å². The summed E-state index contributed by atoms with van der Waals surface area (Å²) in [6, 6.07) is 11.4. The normalized spacial score (nSPS) is 18.3. The van der Waals surface area contributed by atoms with Crippen LogP contribution < -0.4 is 15.0 Å². The number of imide groups is 1. The van der Waals surface area contributed by atoms with Crippen molar-refractivity contribution in [3.05, 3.63) is 81.9 Å². The number of nitrogens with one attached hydrogen (secondary N) is 1. The fourth-order valence-corrected chi connectivity index (χ4v) is 6.26. The second-order valence-corrected chi connectivity index (χ2v) is 12.7. The predicted molar refractivity (Wildman–Crippen MR) is 174 cm³/mol. The zero-order valence-corrected chi connectivity index (χ0v) is 27.5. The Hall–Kier alpha value is -4.43. The minimum atomic E-state index is -1.04. The molecule has 0 radical (unpaired) electrons. The van der Waals surface area contributed by atoms with Crippen LogP contribution >= 0.6 is 0 Å². The minimum Gasteiger partial charge on any atom is -0.424 e. The van der Waals surface area contributed by atoms with Gasteiger partial charge in [-0.1, -0.05) is 12.1 Å². The highest BCUT2D eigenvalue weighted by Crippen LogP contribution is 2.35. The first-order valence-corrected chi connectivity index (χ1v) is 16.0. The number of aliphatic hydroxyl groups is 1. The molecule has 1 saturated heterocycles. The van der Waals surface area contributed by atoms with Crippen molar-refractivity contribution in [2.24, 2.45) is 0 Å². The number of hydrogen-bond donors (Lipinski definition) is 2. The van der Waals surface area contributed by atoms with Crippen LogP contribution in [0.1, 0.15) is 64.0 Å². The number of carbonyl (C=O) groups excluding carboxylic acids is 3. The Morgan fingerprint density at radius 2 is 1.69 bits per heavy atom. The van der Waals surface area contributed by atoms with Gasteiger partial charge in [-0.05, 0) is 51.1 Å². The Kier molecular flexibility index (Phi) is 9.48. The van der Waals surface area contributed by atoms with Crippen LogP contribution in [-0.4, -0.2) is 88.8 Å². The van der Waals surface area contributed by atoms with Gasteiger partial charge in [0.05, 0.1) is 54.1 Å². The van der Waals surface area contributed by atoms with Crippen LogP contribution in [0.4, 0.5) is 15.8 Å². The van der Waals surface area contributed by atoms with Crippen LogP contribution in [0, 0.1) is 12.7 Å². The highest BCUT2D eigenvalue weighted by atomic mass is 19.1. The molecule has 1 fully saturated rings. The first-order chi connectivity index (χ1) is 22.9. The Balaban J connectivity index is 1.04. The molecule has 3 aliphatic rings. The maximum absolute atomic E-state index is 15.3. The number of pyridine rings is 1. The molecule has 48 heavy (non-hydrogen) atoms. The number of aromatic nitrogens is 1. The third kappa shape index (κ3) is 7.04. The number of piperazine rings is 1. The van der Waals surface area contributed by atoms with E-state index in [-0.39, 0.29) is 26.3 Å². The molecule has 12 nitrogen and oxygen atoms in total. The van der Waals surface area contributed by atoms with E-state index in [0.717, 1.165) is 21.7 Å². The first-order valence-electron chi connectivity index (χ1n) is 16.0. The number of fused-ring (bicyclic) bond motifs is 2. The van der Waals surface area contributed by atoms with Gasteiger partial charge in [-0.2, -0.15) is 0 Å². The van der Waals surface area contributed by atoms with Gasteiger partial charge >= 0.3 is 5.97 Å². The van der Waals surface area contributed by atoms with Crippen molar-refractivity contribution in [3.8, 4) is 5.75 Å². The SMILES string of the molecule is CC(=O)Oc1c(C)nc(CN2CCN(c3ccc(NC[C@@H](O)CN4C(=O)c5ccccc5C4=O)cc3F)CC2)c2c1COC(C)(C)OC2. The van der Waals surface area contributed by atoms with Gasteiger partial charge in [0.2, 0.25) is 0 Å². The van der Waals surface area contributed by atoms with Gasteiger partial charge in [-0.15, -0.1) is 0 Å². The molecule has 0 saturated carbocycles. The number of nitrogens with zero attached hydrogens (tertiary/aromatic N) is 4. The highest BCUT2D eigenvalue weighted by molar-refractivity contribution is 6.21. The van der Waals surface area contributed by atoms with E-state index in [1.807, 2.05) is 25.7 Å². The summed E-state index contributed by atoms with van der Waals surface area (Å²) in [6.07, 6.45) is -1.04. The molecule has 1 aromatic heterocycles. The molecule has 13 heteroatoms. The maximum atomic E-state index is 15.3. The van der Waals surface area contributed by atoms with Gasteiger partial charge in [-0.3, -0.25) is 29.2 Å². The minimum absolute atomic E-state index is 0.0264. The fraction of sp³-hybridized carbons (Fsp3) is 0.429. The van der Waals surface area contributed by atoms with Crippen LogP contribution in [0.2, 0.25) is 0 Å². The summed E-state index contributed by atoms with van der Waals surface area (Å²) >= 11 is 0. The van der Waals surface area contributed by atoms with Gasteiger partial charge in [0.15, 0.2) is 11.5 Å². The molecule has 0 spiro atoms. The number of anilines is 2. The van der Waals surface area contributed by atoms with Crippen molar-refractivity contribution in [1.29, 1.82) is 0 Å². The third-order valence-corrected chi connectivity index (χ3v) is 8.84. The Morgan fingerprint density at radius 3 is 2.31 bits per heavy atom. The molecular formula is C35H40FN5O7. The average Bonchev–Trinajstić information content (AvgIpc) is 3.17. The second kappa shape index (κ2) is 13.6. The molecule has 3 aromatic rings. The van der Waals surface area contributed by atoms with Crippen LogP contribution in [0.3, 0.4) is 0 Å². The summed E-state index contributed by atoms with van der Waals surface area (Å²) in [6.45, 7) is 10.3. The zero-order chi connectivity index (χ0) is 34.2. The lowest BCUT2D eigenvalue weighted by atomic mass is 10.0. The molecule has 0 bridgehead atoms. The molecule has 254 valence electrons. The van der Waals surface area contributed by atoms with Gasteiger partial charge in [0.25, 0.3) is 11.8 Å². The van der Waals surface area contributed by atoms with E-state index in [1.54, 1.807) is 36.4 Å². The van der Waals surface area contributed by atoms with Crippen molar-refractivity contribution in [2.75, 3.05) is 49.5 Å². The summed E-state index contributed by atoms with van der Waals surface area (Å²) in [7, 11) is 0. The molecule has 0 aliphatic carbocycles. The van der Waals surface area contributed by atoms with E-state index in [9.17, 15) is 19.5 Å². The summed E-state index contributed by atoms with van der Waals surface area (Å²) in [5.41, 5.74) is 4.67. The smallest absolute Gasteiger partial charge is 0.308 e. The first kappa shape index (κ1) is 33.5. The van der Waals surface area contributed by atoms with Crippen molar-refractivity contribution >= 4 is 29.2 Å². The summed E-state index contributed by atoms with van der Waals surface area (Å²) < 4.78 is 32.8. The summed E-state index contributed by atoms with van der Waals surface area (Å²) in [5, 5.41) is 13.6. The molecule has 3 aliphatic heterocycles. The molecule has 0 unspecified atom stereocenters. The summed E-state index contributed by atoms with van der Waals surface area (Å²) in [5.74, 6) is -2.08. The number of ether oxygens (including phenoxy) is 3. The van der Waals surface area contributed by atoms with Gasteiger partial charge in [0, 0.05) is 63.0 Å². The van der Waals surface area contributed by atoms with Gasteiger partial charge in [-0.25, -0.2) is 4.39 Å². The molecule has 6 rings (SSSR count). The number of halogens is 1. The van der Waals surface area contributed by atoms with Crippen molar-refractivity contribution in [2.45, 2.75) is 59.3 Å². The van der Waals surface area contributed by atoms with Crippen LogP contribution in [-0.2, 0) is 34.0 Å². The molecular weight excluding hydrogens is 621 g/mol. The van der Waals surface area contributed by atoms with E-state index >= 15 is 4.39 Å². The molecule has 2 aromatic carbocycles. The van der Waals surface area contributed by atoms with Crippen molar-refractivity contribution in [3.63, 3.8) is 0 Å². The quantitative estimate of drug-likeness (QED) is 0.257. The van der Waals surface area contributed by atoms with E-state index in [2.05, 4.69) is 10.2 Å². The zero-order valence-electron chi connectivity index (χ0n) is 27.5. The van der Waals surface area contributed by atoms with Crippen LogP contribution in [0.15, 0.2) is 42.5 Å². The average molecular weight is 662 g/mol. The lowest BCUT2D eigenvalue weighted by Crippen LogP contribution is -2.46. The lowest BCUT2D eigenvalue weighted by molar-refractivity contribution is -0.219. The number of aliphatic hydroxyl groups excluding tert-OH is 1. The number of esters is 1. The van der Waals surface area contributed by atoms with Crippen LogP contribution in [0.5, 0.6) is 5.75 Å². The summed E-state index contributed by atoms with van der Waals surface area (Å²) in [4.78, 5) is 47.1. The number of aryl methyl sites for hydroxylation is 1. The van der Waals surface area contributed by atoms with E-state index < -0.39 is 35.5 Å². The second-order valence-electron chi connectivity index (χ2n) is 12.7. The molecule has 2 N–H and O–H groups in total. The molecule has 1 atom stereocenters. The lowest BCUT2D eigenvalue weighted by Gasteiger charge is -2.36. The largest absolute Gasteiger partial charge is 0.424 e. The standard InChI is InChI=1S/C35H40FN5O7/c1-21-32(48-22(2)42)28-20-47-35(3,4)46-19-27(28)30(38-21)18-39-11-13-40(14-12-39)31-10-9-23(15-29(31)36)37-16-24(43)17-41-33(44)25-7-5-6-8-26(25)34(41)45/h5-10,15,24,37,43H,11-14,16-20H2,1-4H3/t24-/m1/s1. The van der Waals surface area contributed by atoms with Crippen molar-refractivity contribution < 1.29 is 38.1 Å². The third-order valence-electron chi connectivity index (χ3n) is 8.84. The monoisotopic (exact) mass is 661 g/mol. The van der Waals surface area contributed by atoms with E-state index in [4.69, 9.17) is 19.2 Å². The number of hydrogen-bond acceptors (Lipinski definition) is 11. The molecule has 4 heterocycles. The molecule has 2 amide bonds. The van der Waals surface area contributed by atoms with Crippen LogP contribution in [0.25, 0.3) is 0 Å². The maximum Gasteiger partial charge on any atom is 0.308 e. The number of carbonyl (C=O) groups is 3. The fourth-order valence-electron chi connectivity index (χ4n) is 6.26.